The molecule has 5 heteroatoms. The summed E-state index contributed by atoms with van der Waals surface area (Å²) < 4.78 is 0. The lowest BCUT2D eigenvalue weighted by atomic mass is 10.2. The van der Waals surface area contributed by atoms with Crippen LogP contribution in [-0.2, 0) is 4.79 Å². The highest BCUT2D eigenvalue weighted by molar-refractivity contribution is 5.90. The third kappa shape index (κ3) is 2.11. The Kier molecular flexibility index (Phi) is 2.75. The second-order valence-corrected chi connectivity index (χ2v) is 3.45. The Morgan fingerprint density at radius 3 is 2.62 bits per heavy atom. The van der Waals surface area contributed by atoms with Crippen molar-refractivity contribution in [2.24, 2.45) is 0 Å². The van der Waals surface area contributed by atoms with E-state index in [4.69, 9.17) is 0 Å². The molecule has 0 aromatic carbocycles. The molecule has 1 heterocycles. The van der Waals surface area contributed by atoms with E-state index in [1.165, 1.54) is 0 Å². The number of carbonyl (C=O) groups is 2. The van der Waals surface area contributed by atoms with Crippen molar-refractivity contribution in [1.29, 1.82) is 0 Å². The molecule has 5 nitrogen and oxygen atoms in total. The topological polar surface area (TPSA) is 61.4 Å². The van der Waals surface area contributed by atoms with E-state index in [-0.39, 0.29) is 18.0 Å². The molecule has 1 atom stereocenters. The largest absolute Gasteiger partial charge is 0.341 e. The molecule has 3 amide bonds. The van der Waals surface area contributed by atoms with Gasteiger partial charge in [-0.2, -0.15) is 0 Å². The molecule has 0 aromatic heterocycles. The second-order valence-electron chi connectivity index (χ2n) is 3.45. The van der Waals surface area contributed by atoms with E-state index in [0.29, 0.717) is 6.54 Å². The second kappa shape index (κ2) is 3.64. The van der Waals surface area contributed by atoms with Crippen LogP contribution in [0.15, 0.2) is 0 Å². The quantitative estimate of drug-likeness (QED) is 0.611. The van der Waals surface area contributed by atoms with E-state index in [2.05, 4.69) is 10.6 Å². The van der Waals surface area contributed by atoms with Gasteiger partial charge in [0.15, 0.2) is 0 Å². The first-order valence-corrected chi connectivity index (χ1v) is 4.33. The Labute approximate surface area is 77.5 Å². The van der Waals surface area contributed by atoms with Gasteiger partial charge < -0.3 is 15.5 Å². The van der Waals surface area contributed by atoms with Gasteiger partial charge in [-0.15, -0.1) is 0 Å². The normalized spacial score (nSPS) is 21.2. The number of nitrogens with one attached hydrogen (secondary N) is 2. The lowest BCUT2D eigenvalue weighted by Crippen LogP contribution is -2.46. The van der Waals surface area contributed by atoms with E-state index in [0.717, 1.165) is 0 Å². The van der Waals surface area contributed by atoms with Gasteiger partial charge in [0.2, 0.25) is 5.91 Å². The maximum Gasteiger partial charge on any atom is 0.315 e. The Bertz CT molecular complexity index is 227. The first kappa shape index (κ1) is 9.83. The van der Waals surface area contributed by atoms with Gasteiger partial charge in [-0.3, -0.25) is 4.79 Å². The Morgan fingerprint density at radius 1 is 1.62 bits per heavy atom. The molecule has 0 radical (unpaired) electrons. The number of urea groups is 1. The van der Waals surface area contributed by atoms with Crippen molar-refractivity contribution < 1.29 is 9.59 Å². The number of nitrogens with zero attached hydrogens (tertiary/aromatic N) is 1. The van der Waals surface area contributed by atoms with Crippen LogP contribution in [0.2, 0.25) is 0 Å². The minimum atomic E-state index is -0.403. The first-order valence-electron chi connectivity index (χ1n) is 4.33. The smallest absolute Gasteiger partial charge is 0.315 e. The molecule has 74 valence electrons. The van der Waals surface area contributed by atoms with E-state index in [1.54, 1.807) is 11.9 Å². The van der Waals surface area contributed by atoms with Crippen LogP contribution in [0.4, 0.5) is 4.79 Å². The van der Waals surface area contributed by atoms with Gasteiger partial charge in [0, 0.05) is 19.6 Å². The van der Waals surface area contributed by atoms with Gasteiger partial charge in [0.25, 0.3) is 0 Å². The molecule has 2 N–H and O–H groups in total. The first-order chi connectivity index (χ1) is 6.02. The van der Waals surface area contributed by atoms with Crippen LogP contribution in [0.3, 0.4) is 0 Å². The summed E-state index contributed by atoms with van der Waals surface area (Å²) in [5, 5.41) is 5.09. The minimum Gasteiger partial charge on any atom is -0.341 e. The summed E-state index contributed by atoms with van der Waals surface area (Å²) in [5.41, 5.74) is 0. The number of amides is 3. The summed E-state index contributed by atoms with van der Waals surface area (Å²) in [6, 6.07) is -0.514. The van der Waals surface area contributed by atoms with Crippen LogP contribution < -0.4 is 10.6 Å². The molecular formula is C8H15N3O2. The molecule has 0 aromatic rings. The monoisotopic (exact) mass is 185 g/mol. The van der Waals surface area contributed by atoms with Crippen LogP contribution in [0.25, 0.3) is 0 Å². The maximum absolute atomic E-state index is 11.6. The van der Waals surface area contributed by atoms with Gasteiger partial charge in [-0.25, -0.2) is 4.79 Å². The number of rotatable bonds is 2. The number of likely N-dealkylation sites (N-methyl/N-ethyl adjacent to an activating group) is 1. The maximum atomic E-state index is 11.6. The standard InChI is InChI=1S/C8H15N3O2/c1-5(2)11(3)7(12)6-4-9-8(13)10-6/h5-6H,4H2,1-3H3,(H2,9,10,13). The van der Waals surface area contributed by atoms with Gasteiger partial charge in [0.1, 0.15) is 6.04 Å². The van der Waals surface area contributed by atoms with Gasteiger partial charge in [-0.05, 0) is 13.8 Å². The third-order valence-electron chi connectivity index (χ3n) is 2.19. The van der Waals surface area contributed by atoms with Crippen molar-refractivity contribution >= 4 is 11.9 Å². The van der Waals surface area contributed by atoms with Crippen LogP contribution in [-0.4, -0.2) is 42.5 Å². The number of carbonyl (C=O) groups excluding carboxylic acids is 2. The van der Waals surface area contributed by atoms with Gasteiger partial charge in [-0.1, -0.05) is 0 Å². The van der Waals surface area contributed by atoms with Crippen molar-refractivity contribution in [1.82, 2.24) is 15.5 Å². The zero-order valence-electron chi connectivity index (χ0n) is 8.13. The fraction of sp³-hybridized carbons (Fsp3) is 0.750. The van der Waals surface area contributed by atoms with Crippen LogP contribution >= 0.6 is 0 Å². The van der Waals surface area contributed by atoms with Crippen LogP contribution in [0.1, 0.15) is 13.8 Å². The highest BCUT2D eigenvalue weighted by Gasteiger charge is 2.29. The van der Waals surface area contributed by atoms with Crippen molar-refractivity contribution in [2.75, 3.05) is 13.6 Å². The van der Waals surface area contributed by atoms with E-state index in [9.17, 15) is 9.59 Å². The average molecular weight is 185 g/mol. The predicted molar refractivity (Wildman–Crippen MR) is 48.2 cm³/mol. The molecule has 1 unspecified atom stereocenters. The lowest BCUT2D eigenvalue weighted by molar-refractivity contribution is -0.132. The fourth-order valence-electron chi connectivity index (χ4n) is 1.10. The molecule has 1 rings (SSSR count). The van der Waals surface area contributed by atoms with Crippen molar-refractivity contribution in [3.63, 3.8) is 0 Å². The zero-order valence-corrected chi connectivity index (χ0v) is 8.13. The summed E-state index contributed by atoms with van der Waals surface area (Å²) in [6.45, 7) is 4.25. The summed E-state index contributed by atoms with van der Waals surface area (Å²) in [4.78, 5) is 24.0. The minimum absolute atomic E-state index is 0.0478. The van der Waals surface area contributed by atoms with Gasteiger partial charge >= 0.3 is 6.03 Å². The third-order valence-corrected chi connectivity index (χ3v) is 2.19. The lowest BCUT2D eigenvalue weighted by Gasteiger charge is -2.23. The fourth-order valence-corrected chi connectivity index (χ4v) is 1.10. The molecule has 1 aliphatic rings. The number of hydrogen-bond acceptors (Lipinski definition) is 2. The molecule has 1 aliphatic heterocycles. The van der Waals surface area contributed by atoms with E-state index < -0.39 is 6.04 Å². The van der Waals surface area contributed by atoms with E-state index in [1.807, 2.05) is 13.8 Å². The zero-order chi connectivity index (χ0) is 10.0. The Balaban J connectivity index is 2.53. The molecule has 13 heavy (non-hydrogen) atoms. The summed E-state index contributed by atoms with van der Waals surface area (Å²) >= 11 is 0. The molecule has 0 aliphatic carbocycles. The summed E-state index contributed by atoms with van der Waals surface area (Å²) in [7, 11) is 1.73. The molecule has 0 saturated carbocycles. The molecule has 1 fully saturated rings. The highest BCUT2D eigenvalue weighted by Crippen LogP contribution is 2.00. The van der Waals surface area contributed by atoms with Crippen LogP contribution in [0, 0.1) is 0 Å². The SMILES string of the molecule is CC(C)N(C)C(=O)C1CNC(=O)N1. The average Bonchev–Trinajstić information content (AvgIpc) is 2.49. The Morgan fingerprint density at radius 2 is 2.23 bits per heavy atom. The predicted octanol–water partition coefficient (Wildman–Crippen LogP) is -0.465. The summed E-state index contributed by atoms with van der Waals surface area (Å²) in [5.74, 6) is -0.0478. The van der Waals surface area contributed by atoms with Crippen LogP contribution in [0.5, 0.6) is 0 Å². The van der Waals surface area contributed by atoms with Crippen molar-refractivity contribution in [3.8, 4) is 0 Å². The number of hydrogen-bond donors (Lipinski definition) is 2. The molecule has 0 spiro atoms. The van der Waals surface area contributed by atoms with E-state index >= 15 is 0 Å². The van der Waals surface area contributed by atoms with Crippen molar-refractivity contribution in [2.45, 2.75) is 25.9 Å². The highest BCUT2D eigenvalue weighted by atomic mass is 16.2. The van der Waals surface area contributed by atoms with Crippen molar-refractivity contribution in [3.05, 3.63) is 0 Å². The van der Waals surface area contributed by atoms with Gasteiger partial charge in [0.05, 0.1) is 0 Å². The molecule has 1 saturated heterocycles. The molecule has 0 bridgehead atoms. The Hall–Kier alpha value is -1.26. The summed E-state index contributed by atoms with van der Waals surface area (Å²) in [6.07, 6.45) is 0. The molecular weight excluding hydrogens is 170 g/mol.